The monoisotopic (exact) mass is 249 g/mol. The second-order valence-electron chi connectivity index (χ2n) is 3.10. The van der Waals surface area contributed by atoms with E-state index in [2.05, 4.69) is 15.6 Å². The van der Waals surface area contributed by atoms with Crippen LogP contribution in [0.15, 0.2) is 41.9 Å². The molecule has 0 spiro atoms. The zero-order valence-corrected chi connectivity index (χ0v) is 10.1. The molecular formula is C11H11N3S2. The third kappa shape index (κ3) is 3.29. The molecule has 2 aromatic rings. The van der Waals surface area contributed by atoms with Gasteiger partial charge in [0.2, 0.25) is 0 Å². The van der Waals surface area contributed by atoms with E-state index in [4.69, 9.17) is 12.2 Å². The van der Waals surface area contributed by atoms with Crippen LogP contribution < -0.4 is 10.6 Å². The van der Waals surface area contributed by atoms with Crippen molar-refractivity contribution < 1.29 is 0 Å². The number of anilines is 1. The van der Waals surface area contributed by atoms with Gasteiger partial charge in [-0.15, -0.1) is 11.3 Å². The summed E-state index contributed by atoms with van der Waals surface area (Å²) in [7, 11) is 0. The minimum Gasteiger partial charge on any atom is -0.356 e. The summed E-state index contributed by atoms with van der Waals surface area (Å²) < 4.78 is 0. The van der Waals surface area contributed by atoms with E-state index in [1.165, 1.54) is 0 Å². The first kappa shape index (κ1) is 11.0. The molecule has 0 atom stereocenters. The van der Waals surface area contributed by atoms with Crippen LogP contribution in [0.4, 0.5) is 5.69 Å². The molecule has 0 aliphatic rings. The van der Waals surface area contributed by atoms with Gasteiger partial charge in [0.05, 0.1) is 6.54 Å². The zero-order valence-electron chi connectivity index (χ0n) is 8.51. The van der Waals surface area contributed by atoms with Gasteiger partial charge in [-0.05, 0) is 24.4 Å². The number of aromatic nitrogens is 1. The van der Waals surface area contributed by atoms with Crippen LogP contribution in [-0.4, -0.2) is 10.1 Å². The number of thiocarbonyl (C=S) groups is 1. The van der Waals surface area contributed by atoms with Crippen LogP contribution in [0.2, 0.25) is 0 Å². The van der Waals surface area contributed by atoms with Crippen molar-refractivity contribution in [2.24, 2.45) is 0 Å². The average molecular weight is 249 g/mol. The Balaban J connectivity index is 1.81. The fourth-order valence-electron chi connectivity index (χ4n) is 1.19. The lowest BCUT2D eigenvalue weighted by atomic mass is 10.3. The molecule has 5 heteroatoms. The molecule has 2 N–H and O–H groups in total. The van der Waals surface area contributed by atoms with Crippen molar-refractivity contribution in [3.05, 3.63) is 46.9 Å². The Bertz CT molecular complexity index is 440. The summed E-state index contributed by atoms with van der Waals surface area (Å²) in [5.41, 5.74) is 0.985. The van der Waals surface area contributed by atoms with E-state index in [0.29, 0.717) is 11.7 Å². The summed E-state index contributed by atoms with van der Waals surface area (Å²) >= 11 is 6.77. The molecule has 0 aliphatic carbocycles. The topological polar surface area (TPSA) is 37.0 Å². The molecule has 0 fully saturated rings. The fourth-order valence-corrected chi connectivity index (χ4v) is 1.94. The van der Waals surface area contributed by atoms with E-state index in [-0.39, 0.29) is 0 Å². The third-order valence-electron chi connectivity index (χ3n) is 1.92. The highest BCUT2D eigenvalue weighted by molar-refractivity contribution is 7.80. The van der Waals surface area contributed by atoms with Crippen molar-refractivity contribution in [2.45, 2.75) is 6.54 Å². The Kier molecular flexibility index (Phi) is 3.85. The molecule has 0 bridgehead atoms. The number of thiazole rings is 1. The van der Waals surface area contributed by atoms with E-state index in [9.17, 15) is 0 Å². The van der Waals surface area contributed by atoms with Crippen molar-refractivity contribution in [3.63, 3.8) is 0 Å². The van der Waals surface area contributed by atoms with Crippen LogP contribution in [0.3, 0.4) is 0 Å². The van der Waals surface area contributed by atoms with E-state index < -0.39 is 0 Å². The number of nitrogens with zero attached hydrogens (tertiary/aromatic N) is 1. The summed E-state index contributed by atoms with van der Waals surface area (Å²) in [4.78, 5) is 4.16. The molecule has 1 aromatic heterocycles. The Morgan fingerprint density at radius 1 is 1.31 bits per heavy atom. The van der Waals surface area contributed by atoms with Gasteiger partial charge in [0, 0.05) is 17.3 Å². The van der Waals surface area contributed by atoms with Crippen molar-refractivity contribution in [2.75, 3.05) is 5.32 Å². The molecule has 0 unspecified atom stereocenters. The molecule has 0 saturated heterocycles. The average Bonchev–Trinajstić information content (AvgIpc) is 2.81. The standard InChI is InChI=1S/C11H11N3S2/c15-11(13-8-10-12-6-7-16-10)14-9-4-2-1-3-5-9/h1-7H,8H2,(H2,13,14,15). The molecule has 0 amide bonds. The van der Waals surface area contributed by atoms with E-state index >= 15 is 0 Å². The second kappa shape index (κ2) is 5.58. The van der Waals surface area contributed by atoms with Gasteiger partial charge in [0.25, 0.3) is 0 Å². The molecule has 82 valence electrons. The van der Waals surface area contributed by atoms with Gasteiger partial charge in [-0.2, -0.15) is 0 Å². The van der Waals surface area contributed by atoms with Gasteiger partial charge >= 0.3 is 0 Å². The van der Waals surface area contributed by atoms with Gasteiger partial charge < -0.3 is 10.6 Å². The minimum atomic E-state index is 0.612. The molecule has 0 aliphatic heterocycles. The van der Waals surface area contributed by atoms with Crippen LogP contribution in [0.25, 0.3) is 0 Å². The second-order valence-corrected chi connectivity index (χ2v) is 4.49. The minimum absolute atomic E-state index is 0.612. The van der Waals surface area contributed by atoms with Gasteiger partial charge in [0.1, 0.15) is 5.01 Å². The Labute approximate surface area is 104 Å². The summed E-state index contributed by atoms with van der Waals surface area (Å²) in [6, 6.07) is 9.84. The summed E-state index contributed by atoms with van der Waals surface area (Å²) in [6.07, 6.45) is 1.79. The maximum atomic E-state index is 5.16. The highest BCUT2D eigenvalue weighted by Gasteiger charge is 1.98. The van der Waals surface area contributed by atoms with E-state index in [1.807, 2.05) is 35.7 Å². The van der Waals surface area contributed by atoms with Crippen LogP contribution in [0, 0.1) is 0 Å². The molecule has 3 nitrogen and oxygen atoms in total. The van der Waals surface area contributed by atoms with Crippen LogP contribution in [0.5, 0.6) is 0 Å². The first-order valence-electron chi connectivity index (χ1n) is 4.83. The predicted molar refractivity (Wildman–Crippen MR) is 71.6 cm³/mol. The van der Waals surface area contributed by atoms with Crippen molar-refractivity contribution >= 4 is 34.4 Å². The Hall–Kier alpha value is -1.46. The Morgan fingerprint density at radius 3 is 2.81 bits per heavy atom. The maximum absolute atomic E-state index is 5.16. The number of benzene rings is 1. The number of hydrogen-bond donors (Lipinski definition) is 2. The summed E-state index contributed by atoms with van der Waals surface area (Å²) in [6.45, 7) is 0.663. The lowest BCUT2D eigenvalue weighted by molar-refractivity contribution is 0.911. The number of para-hydroxylation sites is 1. The largest absolute Gasteiger partial charge is 0.356 e. The highest BCUT2D eigenvalue weighted by atomic mass is 32.1. The maximum Gasteiger partial charge on any atom is 0.171 e. The van der Waals surface area contributed by atoms with E-state index in [0.717, 1.165) is 10.7 Å². The normalized spacial score (nSPS) is 9.75. The summed E-state index contributed by atoms with van der Waals surface area (Å²) in [5.74, 6) is 0. The van der Waals surface area contributed by atoms with Gasteiger partial charge in [-0.3, -0.25) is 0 Å². The van der Waals surface area contributed by atoms with Crippen LogP contribution in [0.1, 0.15) is 5.01 Å². The smallest absolute Gasteiger partial charge is 0.171 e. The van der Waals surface area contributed by atoms with Crippen LogP contribution >= 0.6 is 23.6 Å². The molecular weight excluding hydrogens is 238 g/mol. The first-order valence-corrected chi connectivity index (χ1v) is 6.11. The third-order valence-corrected chi connectivity index (χ3v) is 2.94. The first-order chi connectivity index (χ1) is 7.84. The van der Waals surface area contributed by atoms with Gasteiger partial charge in [-0.25, -0.2) is 4.98 Å². The Morgan fingerprint density at radius 2 is 2.12 bits per heavy atom. The molecule has 0 radical (unpaired) electrons. The molecule has 0 saturated carbocycles. The number of hydrogen-bond acceptors (Lipinski definition) is 3. The number of nitrogens with one attached hydrogen (secondary N) is 2. The quantitative estimate of drug-likeness (QED) is 0.820. The molecule has 2 rings (SSSR count). The molecule has 16 heavy (non-hydrogen) atoms. The van der Waals surface area contributed by atoms with Crippen molar-refractivity contribution in [1.29, 1.82) is 0 Å². The lowest BCUT2D eigenvalue weighted by Gasteiger charge is -2.08. The van der Waals surface area contributed by atoms with Crippen LogP contribution in [-0.2, 0) is 6.54 Å². The van der Waals surface area contributed by atoms with Gasteiger partial charge in [-0.1, -0.05) is 18.2 Å². The summed E-state index contributed by atoms with van der Waals surface area (Å²) in [5, 5.41) is 9.79. The zero-order chi connectivity index (χ0) is 11.2. The fraction of sp³-hybridized carbons (Fsp3) is 0.0909. The lowest BCUT2D eigenvalue weighted by Crippen LogP contribution is -2.27. The SMILES string of the molecule is S=C(NCc1nccs1)Nc1ccccc1. The molecule has 1 heterocycles. The molecule has 1 aromatic carbocycles. The van der Waals surface area contributed by atoms with Gasteiger partial charge in [0.15, 0.2) is 5.11 Å². The van der Waals surface area contributed by atoms with Crippen molar-refractivity contribution in [1.82, 2.24) is 10.3 Å². The van der Waals surface area contributed by atoms with E-state index in [1.54, 1.807) is 17.5 Å². The predicted octanol–water partition coefficient (Wildman–Crippen LogP) is 2.63. The van der Waals surface area contributed by atoms with Crippen molar-refractivity contribution in [3.8, 4) is 0 Å². The number of rotatable bonds is 3. The highest BCUT2D eigenvalue weighted by Crippen LogP contribution is 2.05.